The van der Waals surface area contributed by atoms with Gasteiger partial charge in [0.05, 0.1) is 18.5 Å². The maximum Gasteiger partial charge on any atom is 0.274 e. The molecule has 8 nitrogen and oxygen atoms in total. The Kier molecular flexibility index (Phi) is 6.11. The maximum absolute atomic E-state index is 12.5. The molecule has 0 bridgehead atoms. The number of hydrogen-bond acceptors (Lipinski definition) is 5. The van der Waals surface area contributed by atoms with Crippen molar-refractivity contribution in [2.45, 2.75) is 26.9 Å². The second-order valence-electron chi connectivity index (χ2n) is 6.11. The fourth-order valence-corrected chi connectivity index (χ4v) is 2.55. The number of furan rings is 1. The molecule has 0 saturated heterocycles. The highest BCUT2D eigenvalue weighted by Crippen LogP contribution is 2.17. The van der Waals surface area contributed by atoms with Crippen molar-refractivity contribution < 1.29 is 18.7 Å². The van der Waals surface area contributed by atoms with Gasteiger partial charge >= 0.3 is 0 Å². The monoisotopic (exact) mass is 382 g/mol. The predicted octanol–water partition coefficient (Wildman–Crippen LogP) is 2.75. The Labute approximate surface area is 162 Å². The Morgan fingerprint density at radius 2 is 2.04 bits per heavy atom. The van der Waals surface area contributed by atoms with E-state index >= 15 is 0 Å². The number of rotatable bonds is 8. The summed E-state index contributed by atoms with van der Waals surface area (Å²) in [5.41, 5.74) is 1.40. The normalized spacial score (nSPS) is 10.5. The first-order chi connectivity index (χ1) is 13.6. The molecule has 0 aliphatic carbocycles. The van der Waals surface area contributed by atoms with Crippen molar-refractivity contribution in [3.8, 4) is 5.75 Å². The number of aromatic nitrogens is 2. The molecule has 0 saturated carbocycles. The lowest BCUT2D eigenvalue weighted by molar-refractivity contribution is -0.118. The van der Waals surface area contributed by atoms with Gasteiger partial charge in [-0.05, 0) is 37.6 Å². The summed E-state index contributed by atoms with van der Waals surface area (Å²) >= 11 is 0. The number of carbonyl (C=O) groups excluding carboxylic acids is 2. The fraction of sp³-hybridized carbons (Fsp3) is 0.250. The summed E-state index contributed by atoms with van der Waals surface area (Å²) in [7, 11) is 0. The van der Waals surface area contributed by atoms with E-state index in [0.29, 0.717) is 23.7 Å². The third kappa shape index (κ3) is 4.79. The highest BCUT2D eigenvalue weighted by molar-refractivity contribution is 6.02. The van der Waals surface area contributed by atoms with Crippen LogP contribution in [0.25, 0.3) is 0 Å². The van der Waals surface area contributed by atoms with Gasteiger partial charge in [-0.1, -0.05) is 18.2 Å². The molecule has 2 N–H and O–H groups in total. The highest BCUT2D eigenvalue weighted by atomic mass is 16.5. The van der Waals surface area contributed by atoms with Crippen LogP contribution in [0, 0.1) is 6.92 Å². The molecule has 2 amide bonds. The van der Waals surface area contributed by atoms with Crippen LogP contribution in [0.2, 0.25) is 0 Å². The SMILES string of the molecule is CCn1cc(NC(=O)COc2ccccc2C)c(C(=O)NCc2ccco2)n1. The van der Waals surface area contributed by atoms with Crippen molar-refractivity contribution >= 4 is 17.5 Å². The molecule has 0 atom stereocenters. The summed E-state index contributed by atoms with van der Waals surface area (Å²) < 4.78 is 12.3. The van der Waals surface area contributed by atoms with E-state index in [1.165, 1.54) is 6.26 Å². The lowest BCUT2D eigenvalue weighted by Gasteiger charge is -2.09. The molecule has 0 aliphatic heterocycles. The molecule has 3 rings (SSSR count). The summed E-state index contributed by atoms with van der Waals surface area (Å²) in [6.07, 6.45) is 3.15. The van der Waals surface area contributed by atoms with Crippen molar-refractivity contribution in [3.05, 3.63) is 65.9 Å². The number of nitrogens with one attached hydrogen (secondary N) is 2. The Morgan fingerprint density at radius 1 is 1.21 bits per heavy atom. The predicted molar refractivity (Wildman–Crippen MR) is 103 cm³/mol. The van der Waals surface area contributed by atoms with E-state index < -0.39 is 5.91 Å². The molecule has 0 aliphatic rings. The Balaban J connectivity index is 1.63. The van der Waals surface area contributed by atoms with Gasteiger partial charge in [-0.2, -0.15) is 5.10 Å². The first kappa shape index (κ1) is 19.2. The summed E-state index contributed by atoms with van der Waals surface area (Å²) in [6, 6.07) is 10.9. The van der Waals surface area contributed by atoms with E-state index in [-0.39, 0.29) is 24.8 Å². The first-order valence-electron chi connectivity index (χ1n) is 8.93. The van der Waals surface area contributed by atoms with Crippen molar-refractivity contribution in [1.82, 2.24) is 15.1 Å². The van der Waals surface area contributed by atoms with E-state index in [1.54, 1.807) is 29.1 Å². The minimum atomic E-state index is -0.404. The second kappa shape index (κ2) is 8.90. The summed E-state index contributed by atoms with van der Waals surface area (Å²) in [5, 5.41) is 9.66. The van der Waals surface area contributed by atoms with Crippen molar-refractivity contribution in [2.75, 3.05) is 11.9 Å². The van der Waals surface area contributed by atoms with Gasteiger partial charge in [-0.3, -0.25) is 14.3 Å². The maximum atomic E-state index is 12.5. The van der Waals surface area contributed by atoms with Crippen LogP contribution in [-0.2, 0) is 17.9 Å². The molecular weight excluding hydrogens is 360 g/mol. The molecule has 0 fully saturated rings. The quantitative estimate of drug-likeness (QED) is 0.624. The molecule has 0 spiro atoms. The van der Waals surface area contributed by atoms with Crippen LogP contribution in [0.15, 0.2) is 53.3 Å². The van der Waals surface area contributed by atoms with Gasteiger partial charge in [0.1, 0.15) is 11.5 Å². The Morgan fingerprint density at radius 3 is 2.75 bits per heavy atom. The van der Waals surface area contributed by atoms with Crippen molar-refractivity contribution in [3.63, 3.8) is 0 Å². The van der Waals surface area contributed by atoms with Gasteiger partial charge in [-0.25, -0.2) is 0 Å². The lowest BCUT2D eigenvalue weighted by atomic mass is 10.2. The van der Waals surface area contributed by atoms with Gasteiger partial charge < -0.3 is 19.8 Å². The average Bonchev–Trinajstić information content (AvgIpc) is 3.35. The summed E-state index contributed by atoms with van der Waals surface area (Å²) in [5.74, 6) is 0.483. The molecule has 3 aromatic rings. The second-order valence-corrected chi connectivity index (χ2v) is 6.11. The zero-order chi connectivity index (χ0) is 19.9. The third-order valence-electron chi connectivity index (χ3n) is 4.03. The van der Waals surface area contributed by atoms with Gasteiger partial charge in [0.25, 0.3) is 11.8 Å². The Bertz CT molecular complexity index is 947. The van der Waals surface area contributed by atoms with Crippen molar-refractivity contribution in [1.29, 1.82) is 0 Å². The van der Waals surface area contributed by atoms with Crippen LogP contribution in [0.5, 0.6) is 5.75 Å². The van der Waals surface area contributed by atoms with Crippen LogP contribution in [-0.4, -0.2) is 28.2 Å². The number of nitrogens with zero attached hydrogens (tertiary/aromatic N) is 2. The van der Waals surface area contributed by atoms with E-state index in [0.717, 1.165) is 5.56 Å². The number of benzene rings is 1. The van der Waals surface area contributed by atoms with Crippen molar-refractivity contribution in [2.24, 2.45) is 0 Å². The largest absolute Gasteiger partial charge is 0.483 e. The molecule has 1 aromatic carbocycles. The molecule has 146 valence electrons. The minimum Gasteiger partial charge on any atom is -0.483 e. The Hall–Kier alpha value is -3.55. The number of carbonyl (C=O) groups is 2. The van der Waals surface area contributed by atoms with Gasteiger partial charge in [-0.15, -0.1) is 0 Å². The third-order valence-corrected chi connectivity index (χ3v) is 4.03. The van der Waals surface area contributed by atoms with Gasteiger partial charge in [0.15, 0.2) is 12.3 Å². The fourth-order valence-electron chi connectivity index (χ4n) is 2.55. The summed E-state index contributed by atoms with van der Waals surface area (Å²) in [6.45, 7) is 4.42. The standard InChI is InChI=1S/C20H22N4O4/c1-3-24-12-16(19(23-24)20(26)21-11-15-8-6-10-27-15)22-18(25)13-28-17-9-5-4-7-14(17)2/h4-10,12H,3,11,13H2,1-2H3,(H,21,26)(H,22,25). The zero-order valence-corrected chi connectivity index (χ0v) is 15.8. The van der Waals surface area contributed by atoms with Crippen LogP contribution < -0.4 is 15.4 Å². The number of aryl methyl sites for hydroxylation is 2. The molecule has 2 aromatic heterocycles. The summed E-state index contributed by atoms with van der Waals surface area (Å²) in [4.78, 5) is 24.8. The highest BCUT2D eigenvalue weighted by Gasteiger charge is 2.19. The smallest absolute Gasteiger partial charge is 0.274 e. The molecule has 0 radical (unpaired) electrons. The number of amides is 2. The van der Waals surface area contributed by atoms with E-state index in [4.69, 9.17) is 9.15 Å². The molecule has 0 unspecified atom stereocenters. The zero-order valence-electron chi connectivity index (χ0n) is 15.8. The number of para-hydroxylation sites is 1. The van der Waals surface area contributed by atoms with Crippen LogP contribution >= 0.6 is 0 Å². The van der Waals surface area contributed by atoms with Crippen LogP contribution in [0.4, 0.5) is 5.69 Å². The van der Waals surface area contributed by atoms with E-state index in [9.17, 15) is 9.59 Å². The number of ether oxygens (including phenoxy) is 1. The molecular formula is C20H22N4O4. The van der Waals surface area contributed by atoms with Crippen LogP contribution in [0.3, 0.4) is 0 Å². The molecule has 2 heterocycles. The number of hydrogen-bond donors (Lipinski definition) is 2. The topological polar surface area (TPSA) is 98.4 Å². The van der Waals surface area contributed by atoms with Crippen LogP contribution in [0.1, 0.15) is 28.7 Å². The molecule has 8 heteroatoms. The molecule has 28 heavy (non-hydrogen) atoms. The van der Waals surface area contributed by atoms with E-state index in [2.05, 4.69) is 15.7 Å². The average molecular weight is 382 g/mol. The first-order valence-corrected chi connectivity index (χ1v) is 8.93. The van der Waals surface area contributed by atoms with Gasteiger partial charge in [0.2, 0.25) is 0 Å². The van der Waals surface area contributed by atoms with E-state index in [1.807, 2.05) is 32.0 Å². The van der Waals surface area contributed by atoms with Gasteiger partial charge in [0, 0.05) is 12.7 Å². The minimum absolute atomic E-state index is 0.137. The number of anilines is 1. The lowest BCUT2D eigenvalue weighted by Crippen LogP contribution is -2.26.